The normalized spacial score (nSPS) is 11.3. The first-order valence-electron chi connectivity index (χ1n) is 5.96. The fourth-order valence-corrected chi connectivity index (χ4v) is 2.32. The van der Waals surface area contributed by atoms with Crippen LogP contribution in [0.1, 0.15) is 16.7 Å². The Bertz CT molecular complexity index is 929. The molecule has 1 aromatic carbocycles. The van der Waals surface area contributed by atoms with E-state index in [1.165, 1.54) is 6.07 Å². The van der Waals surface area contributed by atoms with Gasteiger partial charge in [0.2, 0.25) is 0 Å². The van der Waals surface area contributed by atoms with Crippen LogP contribution >= 0.6 is 0 Å². The van der Waals surface area contributed by atoms with Crippen LogP contribution in [-0.4, -0.2) is 0 Å². The third kappa shape index (κ3) is 1.60. The second-order valence-electron chi connectivity index (χ2n) is 4.70. The largest absolute Gasteiger partial charge is 0.422 e. The number of benzene rings is 1. The molecule has 96 valence electrons. The second-order valence-corrected chi connectivity index (χ2v) is 4.70. The van der Waals surface area contributed by atoms with E-state index in [1.54, 1.807) is 19.1 Å². The van der Waals surface area contributed by atoms with Crippen molar-refractivity contribution in [2.24, 2.45) is 0 Å². The van der Waals surface area contributed by atoms with Crippen LogP contribution in [0, 0.1) is 20.8 Å². The zero-order valence-electron chi connectivity index (χ0n) is 10.9. The van der Waals surface area contributed by atoms with Crippen molar-refractivity contribution in [1.82, 2.24) is 0 Å². The van der Waals surface area contributed by atoms with Crippen LogP contribution in [0.3, 0.4) is 0 Å². The van der Waals surface area contributed by atoms with E-state index in [2.05, 4.69) is 0 Å². The summed E-state index contributed by atoms with van der Waals surface area (Å²) in [5, 5.41) is 1.54. The highest BCUT2D eigenvalue weighted by molar-refractivity contribution is 6.04. The van der Waals surface area contributed by atoms with Crippen molar-refractivity contribution in [1.29, 1.82) is 0 Å². The van der Waals surface area contributed by atoms with Gasteiger partial charge in [-0.05, 0) is 44.0 Å². The molecule has 3 rings (SSSR count). The quantitative estimate of drug-likeness (QED) is 0.458. The molecule has 0 radical (unpaired) electrons. The molecular weight excluding hydrogens is 244 g/mol. The highest BCUT2D eigenvalue weighted by Gasteiger charge is 2.13. The molecule has 4 nitrogen and oxygen atoms in total. The molecule has 0 fully saturated rings. The Morgan fingerprint density at radius 2 is 1.68 bits per heavy atom. The Kier molecular flexibility index (Phi) is 2.35. The third-order valence-electron chi connectivity index (χ3n) is 3.53. The average Bonchev–Trinajstić information content (AvgIpc) is 2.35. The molecule has 0 unspecified atom stereocenters. The number of aryl methyl sites for hydroxylation is 2. The summed E-state index contributed by atoms with van der Waals surface area (Å²) in [6, 6.07) is 4.99. The highest BCUT2D eigenvalue weighted by Crippen LogP contribution is 2.28. The monoisotopic (exact) mass is 256 g/mol. The van der Waals surface area contributed by atoms with Crippen LogP contribution in [-0.2, 0) is 0 Å². The van der Waals surface area contributed by atoms with Gasteiger partial charge in [0, 0.05) is 17.0 Å². The summed E-state index contributed by atoms with van der Waals surface area (Å²) in [5.41, 5.74) is 2.31. The summed E-state index contributed by atoms with van der Waals surface area (Å²) in [6.07, 6.45) is 0. The Balaban J connectivity index is 2.71. The lowest BCUT2D eigenvalue weighted by Crippen LogP contribution is -2.06. The van der Waals surface area contributed by atoms with Crippen LogP contribution in [0.5, 0.6) is 0 Å². The topological polar surface area (TPSA) is 60.4 Å². The number of hydrogen-bond donors (Lipinski definition) is 0. The Morgan fingerprint density at radius 1 is 0.947 bits per heavy atom. The van der Waals surface area contributed by atoms with Crippen LogP contribution in [0.25, 0.3) is 21.9 Å². The predicted octanol–water partition coefficient (Wildman–Crippen LogP) is 2.82. The van der Waals surface area contributed by atoms with Gasteiger partial charge in [0.05, 0.1) is 5.39 Å². The van der Waals surface area contributed by atoms with Crippen LogP contribution in [0.15, 0.2) is 36.6 Å². The summed E-state index contributed by atoms with van der Waals surface area (Å²) in [4.78, 5) is 23.2. The van der Waals surface area contributed by atoms with Gasteiger partial charge < -0.3 is 8.83 Å². The van der Waals surface area contributed by atoms with Crippen molar-refractivity contribution in [3.8, 4) is 0 Å². The minimum Gasteiger partial charge on any atom is -0.422 e. The minimum atomic E-state index is -0.402. The SMILES string of the molecule is Cc1c(C)c2c(ccc3c(C)cc(=O)oc32)oc1=O. The molecule has 0 saturated heterocycles. The molecule has 0 atom stereocenters. The fourth-order valence-electron chi connectivity index (χ4n) is 2.32. The zero-order chi connectivity index (χ0) is 13.7. The molecular formula is C15H12O4. The summed E-state index contributed by atoms with van der Waals surface area (Å²) in [5.74, 6) is 0. The van der Waals surface area contributed by atoms with E-state index in [4.69, 9.17) is 8.83 Å². The van der Waals surface area contributed by atoms with Gasteiger partial charge in [-0.25, -0.2) is 9.59 Å². The van der Waals surface area contributed by atoms with Gasteiger partial charge in [-0.15, -0.1) is 0 Å². The molecule has 3 aromatic rings. The molecule has 0 spiro atoms. The van der Waals surface area contributed by atoms with Crippen molar-refractivity contribution in [3.05, 3.63) is 55.7 Å². The molecule has 2 heterocycles. The van der Waals surface area contributed by atoms with Gasteiger partial charge in [-0.2, -0.15) is 0 Å². The van der Waals surface area contributed by atoms with Crippen LogP contribution < -0.4 is 11.3 Å². The standard InChI is InChI=1S/C15H12O4/c1-7-6-12(16)19-14-10(7)4-5-11-13(14)8(2)9(3)15(17)18-11/h4-6H,1-3H3. The zero-order valence-corrected chi connectivity index (χ0v) is 10.9. The lowest BCUT2D eigenvalue weighted by atomic mass is 10.0. The van der Waals surface area contributed by atoms with Crippen molar-refractivity contribution in [2.45, 2.75) is 20.8 Å². The summed E-state index contributed by atoms with van der Waals surface area (Å²) < 4.78 is 10.6. The molecule has 0 aliphatic rings. The van der Waals surface area contributed by atoms with Gasteiger partial charge in [0.1, 0.15) is 11.2 Å². The molecule has 0 aliphatic heterocycles. The van der Waals surface area contributed by atoms with Gasteiger partial charge in [-0.1, -0.05) is 0 Å². The lowest BCUT2D eigenvalue weighted by molar-refractivity contribution is 0.546. The van der Waals surface area contributed by atoms with Crippen LogP contribution in [0.2, 0.25) is 0 Å². The molecule has 4 heteroatoms. The summed E-state index contributed by atoms with van der Waals surface area (Å²) in [7, 11) is 0. The summed E-state index contributed by atoms with van der Waals surface area (Å²) >= 11 is 0. The fraction of sp³-hybridized carbons (Fsp3) is 0.200. The highest BCUT2D eigenvalue weighted by atomic mass is 16.4. The number of fused-ring (bicyclic) bond motifs is 3. The molecule has 0 bridgehead atoms. The maximum Gasteiger partial charge on any atom is 0.339 e. The lowest BCUT2D eigenvalue weighted by Gasteiger charge is -2.07. The van der Waals surface area contributed by atoms with E-state index in [0.717, 1.165) is 16.5 Å². The predicted molar refractivity (Wildman–Crippen MR) is 72.7 cm³/mol. The molecule has 0 amide bonds. The van der Waals surface area contributed by atoms with E-state index >= 15 is 0 Å². The van der Waals surface area contributed by atoms with Gasteiger partial charge in [0.15, 0.2) is 0 Å². The van der Waals surface area contributed by atoms with Gasteiger partial charge in [-0.3, -0.25) is 0 Å². The van der Waals surface area contributed by atoms with E-state index in [1.807, 2.05) is 13.8 Å². The van der Waals surface area contributed by atoms with Crippen molar-refractivity contribution in [3.63, 3.8) is 0 Å². The van der Waals surface area contributed by atoms with Crippen molar-refractivity contribution < 1.29 is 8.83 Å². The maximum atomic E-state index is 11.7. The summed E-state index contributed by atoms with van der Waals surface area (Å²) in [6.45, 7) is 5.39. The van der Waals surface area contributed by atoms with Crippen molar-refractivity contribution >= 4 is 21.9 Å². The van der Waals surface area contributed by atoms with E-state index in [-0.39, 0.29) is 5.63 Å². The van der Waals surface area contributed by atoms with Crippen LogP contribution in [0.4, 0.5) is 0 Å². The molecule has 0 N–H and O–H groups in total. The molecule has 2 aromatic heterocycles. The maximum absolute atomic E-state index is 11.7. The van der Waals surface area contributed by atoms with Gasteiger partial charge in [0.25, 0.3) is 0 Å². The number of rotatable bonds is 0. The molecule has 19 heavy (non-hydrogen) atoms. The van der Waals surface area contributed by atoms with E-state index < -0.39 is 5.63 Å². The first-order chi connectivity index (χ1) is 8.99. The Hall–Kier alpha value is -2.36. The Labute approximate surface area is 108 Å². The average molecular weight is 256 g/mol. The molecule has 0 aliphatic carbocycles. The van der Waals surface area contributed by atoms with Crippen molar-refractivity contribution in [2.75, 3.05) is 0 Å². The first kappa shape index (κ1) is 11.7. The van der Waals surface area contributed by atoms with Gasteiger partial charge >= 0.3 is 11.3 Å². The third-order valence-corrected chi connectivity index (χ3v) is 3.53. The second kappa shape index (κ2) is 3.82. The minimum absolute atomic E-state index is 0.362. The van der Waals surface area contributed by atoms with E-state index in [0.29, 0.717) is 22.1 Å². The smallest absolute Gasteiger partial charge is 0.339 e. The Morgan fingerprint density at radius 3 is 2.42 bits per heavy atom. The number of hydrogen-bond acceptors (Lipinski definition) is 4. The van der Waals surface area contributed by atoms with E-state index in [9.17, 15) is 9.59 Å². The molecule has 0 saturated carbocycles. The first-order valence-corrected chi connectivity index (χ1v) is 5.96.